The molecule has 19 heavy (non-hydrogen) atoms. The fraction of sp³-hybridized carbons (Fsp3) is 0.533. The first kappa shape index (κ1) is 14.2. The summed E-state index contributed by atoms with van der Waals surface area (Å²) in [5.41, 5.74) is -0.135. The molecule has 1 fully saturated rings. The molecule has 4 heteroatoms. The van der Waals surface area contributed by atoms with Crippen LogP contribution in [0.4, 0.5) is 0 Å². The van der Waals surface area contributed by atoms with E-state index < -0.39 is 11.4 Å². The lowest BCUT2D eigenvalue weighted by Gasteiger charge is -2.30. The largest absolute Gasteiger partial charge is 0.496 e. The molecule has 1 aliphatic rings. The monoisotopic (exact) mass is 282 g/mol. The van der Waals surface area contributed by atoms with Gasteiger partial charge in [0.1, 0.15) is 5.75 Å². The van der Waals surface area contributed by atoms with Crippen molar-refractivity contribution in [1.29, 1.82) is 0 Å². The summed E-state index contributed by atoms with van der Waals surface area (Å²) in [6.45, 7) is 0. The third-order valence-corrected chi connectivity index (χ3v) is 4.28. The number of aliphatic carboxylic acids is 1. The molecule has 0 spiro atoms. The molecular weight excluding hydrogens is 264 g/mol. The zero-order chi connectivity index (χ0) is 13.9. The van der Waals surface area contributed by atoms with Gasteiger partial charge in [-0.1, -0.05) is 37.3 Å². The van der Waals surface area contributed by atoms with Crippen molar-refractivity contribution in [1.82, 2.24) is 0 Å². The molecule has 104 valence electrons. The molecule has 0 bridgehead atoms. The lowest BCUT2D eigenvalue weighted by Crippen LogP contribution is -2.35. The number of benzene rings is 1. The minimum absolute atomic E-state index is 0.556. The molecule has 0 heterocycles. The number of carboxylic acids is 1. The van der Waals surface area contributed by atoms with Crippen LogP contribution in [0.2, 0.25) is 5.02 Å². The van der Waals surface area contributed by atoms with E-state index in [-0.39, 0.29) is 0 Å². The van der Waals surface area contributed by atoms with Gasteiger partial charge in [-0.15, -0.1) is 0 Å². The van der Waals surface area contributed by atoms with Crippen LogP contribution in [-0.2, 0) is 10.2 Å². The zero-order valence-electron chi connectivity index (χ0n) is 11.1. The highest BCUT2D eigenvalue weighted by Gasteiger charge is 2.42. The van der Waals surface area contributed by atoms with Gasteiger partial charge in [-0.05, 0) is 31.0 Å². The maximum Gasteiger partial charge on any atom is 0.314 e. The average Bonchev–Trinajstić information content (AvgIpc) is 2.65. The molecule has 3 nitrogen and oxygen atoms in total. The number of halogens is 1. The van der Waals surface area contributed by atoms with Crippen molar-refractivity contribution in [3.8, 4) is 5.75 Å². The zero-order valence-corrected chi connectivity index (χ0v) is 11.9. The Bertz CT molecular complexity index is 462. The molecule has 1 aromatic carbocycles. The Kier molecular flexibility index (Phi) is 4.35. The Hall–Kier alpha value is -1.22. The average molecular weight is 283 g/mol. The van der Waals surface area contributed by atoms with Gasteiger partial charge in [-0.25, -0.2) is 0 Å². The van der Waals surface area contributed by atoms with Gasteiger partial charge in [0.15, 0.2) is 0 Å². The molecule has 0 amide bonds. The number of carboxylic acid groups (broad SMARTS) is 1. The molecule has 0 unspecified atom stereocenters. The molecule has 1 aromatic rings. The van der Waals surface area contributed by atoms with Crippen molar-refractivity contribution in [2.75, 3.05) is 7.11 Å². The van der Waals surface area contributed by atoms with Crippen molar-refractivity contribution in [2.24, 2.45) is 0 Å². The first-order valence-corrected chi connectivity index (χ1v) is 7.05. The summed E-state index contributed by atoms with van der Waals surface area (Å²) in [5, 5.41) is 10.3. The van der Waals surface area contributed by atoms with Crippen LogP contribution in [0.25, 0.3) is 0 Å². The highest BCUT2D eigenvalue weighted by Crippen LogP contribution is 2.43. The predicted molar refractivity (Wildman–Crippen MR) is 75.0 cm³/mol. The van der Waals surface area contributed by atoms with Crippen molar-refractivity contribution in [2.45, 2.75) is 43.9 Å². The van der Waals surface area contributed by atoms with Gasteiger partial charge < -0.3 is 9.84 Å². The first-order chi connectivity index (χ1) is 9.10. The van der Waals surface area contributed by atoms with Gasteiger partial charge in [-0.3, -0.25) is 4.79 Å². The normalized spacial score (nSPS) is 18.6. The summed E-state index contributed by atoms with van der Waals surface area (Å²) in [7, 11) is 1.57. The lowest BCUT2D eigenvalue weighted by atomic mass is 9.74. The van der Waals surface area contributed by atoms with Crippen LogP contribution in [0.5, 0.6) is 5.75 Å². The molecule has 2 rings (SSSR count). The van der Waals surface area contributed by atoms with Crippen molar-refractivity contribution >= 4 is 17.6 Å². The second-order valence-corrected chi connectivity index (χ2v) is 5.58. The Balaban J connectivity index is 2.54. The van der Waals surface area contributed by atoms with E-state index in [1.807, 2.05) is 0 Å². The van der Waals surface area contributed by atoms with E-state index in [1.165, 1.54) is 0 Å². The minimum Gasteiger partial charge on any atom is -0.496 e. The number of ether oxygens (including phenoxy) is 1. The molecule has 1 saturated carbocycles. The summed E-state index contributed by atoms with van der Waals surface area (Å²) in [6.07, 6.45) is 5.36. The lowest BCUT2D eigenvalue weighted by molar-refractivity contribution is -0.144. The Morgan fingerprint density at radius 3 is 2.42 bits per heavy atom. The van der Waals surface area contributed by atoms with Crippen LogP contribution in [0.3, 0.4) is 0 Å². The number of hydrogen-bond acceptors (Lipinski definition) is 2. The van der Waals surface area contributed by atoms with Gasteiger partial charge in [-0.2, -0.15) is 0 Å². The van der Waals surface area contributed by atoms with E-state index in [2.05, 4.69) is 0 Å². The maximum absolute atomic E-state index is 11.9. The molecule has 1 N–H and O–H groups in total. The van der Waals surface area contributed by atoms with E-state index in [9.17, 15) is 9.90 Å². The van der Waals surface area contributed by atoms with Crippen molar-refractivity contribution in [3.63, 3.8) is 0 Å². The highest BCUT2D eigenvalue weighted by molar-refractivity contribution is 6.30. The minimum atomic E-state index is -0.854. The van der Waals surface area contributed by atoms with Crippen molar-refractivity contribution in [3.05, 3.63) is 28.8 Å². The fourth-order valence-corrected chi connectivity index (χ4v) is 3.16. The molecular formula is C15H19ClO3. The summed E-state index contributed by atoms with van der Waals surface area (Å²) in [4.78, 5) is 11.9. The van der Waals surface area contributed by atoms with Crippen molar-refractivity contribution < 1.29 is 14.6 Å². The second-order valence-electron chi connectivity index (χ2n) is 5.15. The summed E-state index contributed by atoms with van der Waals surface area (Å²) >= 11 is 6.05. The number of rotatable bonds is 3. The van der Waals surface area contributed by atoms with Crippen LogP contribution in [0.1, 0.15) is 44.1 Å². The summed E-state index contributed by atoms with van der Waals surface area (Å²) in [5.74, 6) is -0.149. The van der Waals surface area contributed by atoms with Crippen LogP contribution in [-0.4, -0.2) is 18.2 Å². The van der Waals surface area contributed by atoms with Gasteiger partial charge in [0.25, 0.3) is 0 Å². The highest BCUT2D eigenvalue weighted by atomic mass is 35.5. The topological polar surface area (TPSA) is 46.5 Å². The molecule has 0 radical (unpaired) electrons. The van der Waals surface area contributed by atoms with E-state index in [4.69, 9.17) is 16.3 Å². The standard InChI is InChI=1S/C15H19ClO3/c1-19-13-7-6-11(16)10-12(13)15(14(17)18)8-4-2-3-5-9-15/h6-7,10H,2-5,8-9H2,1H3,(H,17,18). The maximum atomic E-state index is 11.9. The quantitative estimate of drug-likeness (QED) is 0.852. The molecule has 0 aromatic heterocycles. The van der Waals surface area contributed by atoms with E-state index in [0.717, 1.165) is 31.2 Å². The third kappa shape index (κ3) is 2.71. The SMILES string of the molecule is COc1ccc(Cl)cc1C1(C(=O)O)CCCCCC1. The van der Waals surface area contributed by atoms with Crippen LogP contribution in [0, 0.1) is 0 Å². The second kappa shape index (κ2) is 5.83. The third-order valence-electron chi connectivity index (χ3n) is 4.04. The molecule has 0 atom stereocenters. The smallest absolute Gasteiger partial charge is 0.314 e. The van der Waals surface area contributed by atoms with Crippen LogP contribution >= 0.6 is 11.6 Å². The molecule has 0 saturated heterocycles. The van der Waals surface area contributed by atoms with Gasteiger partial charge in [0.2, 0.25) is 0 Å². The number of carbonyl (C=O) groups is 1. The van der Waals surface area contributed by atoms with E-state index in [0.29, 0.717) is 23.6 Å². The summed E-state index contributed by atoms with van der Waals surface area (Å²) < 4.78 is 5.35. The molecule has 1 aliphatic carbocycles. The van der Waals surface area contributed by atoms with Crippen LogP contribution < -0.4 is 4.74 Å². The van der Waals surface area contributed by atoms with Gasteiger partial charge in [0, 0.05) is 10.6 Å². The Morgan fingerprint density at radius 2 is 1.89 bits per heavy atom. The van der Waals surface area contributed by atoms with Gasteiger partial charge >= 0.3 is 5.97 Å². The van der Waals surface area contributed by atoms with Crippen LogP contribution in [0.15, 0.2) is 18.2 Å². The number of methoxy groups -OCH3 is 1. The molecule has 0 aliphatic heterocycles. The van der Waals surface area contributed by atoms with E-state index in [1.54, 1.807) is 25.3 Å². The first-order valence-electron chi connectivity index (χ1n) is 6.67. The van der Waals surface area contributed by atoms with E-state index >= 15 is 0 Å². The Labute approximate surface area is 118 Å². The Morgan fingerprint density at radius 1 is 1.26 bits per heavy atom. The van der Waals surface area contributed by atoms with Gasteiger partial charge in [0.05, 0.1) is 12.5 Å². The summed E-state index contributed by atoms with van der Waals surface area (Å²) in [6, 6.07) is 5.24. The number of hydrogen-bond donors (Lipinski definition) is 1. The predicted octanol–water partition coefficient (Wildman–Crippen LogP) is 4.03. The fourth-order valence-electron chi connectivity index (χ4n) is 2.98.